The number of unbranched alkanes of at least 4 members (excludes halogenated alkanes) is 3. The smallest absolute Gasteiger partial charge is 0.0991 e. The molecule has 0 saturated heterocycles. The molecule has 0 aromatic heterocycles. The molecule has 2 unspecified atom stereocenters. The van der Waals surface area contributed by atoms with E-state index in [4.69, 9.17) is 35.5 Å². The normalized spacial score (nSPS) is 13.1. The first-order valence-corrected chi connectivity index (χ1v) is 13.0. The van der Waals surface area contributed by atoms with Crippen LogP contribution < -0.4 is 11.5 Å². The summed E-state index contributed by atoms with van der Waals surface area (Å²) in [6.07, 6.45) is 6.34. The molecule has 0 aliphatic carbocycles. The highest BCUT2D eigenvalue weighted by Crippen LogP contribution is 2.02. The van der Waals surface area contributed by atoms with E-state index in [0.29, 0.717) is 59.3 Å². The van der Waals surface area contributed by atoms with Crippen LogP contribution in [0.3, 0.4) is 0 Å². The molecule has 0 amide bonds. The lowest BCUT2D eigenvalue weighted by atomic mass is 10.3. The van der Waals surface area contributed by atoms with Crippen LogP contribution in [0.1, 0.15) is 65.2 Å². The third-order valence-electron chi connectivity index (χ3n) is 4.80. The maximum absolute atomic E-state index is 10.3. The van der Waals surface area contributed by atoms with E-state index in [-0.39, 0.29) is 19.4 Å². The molecule has 0 aliphatic rings. The van der Waals surface area contributed by atoms with E-state index in [9.17, 15) is 10.2 Å². The van der Waals surface area contributed by atoms with Crippen LogP contribution in [-0.2, 0) is 18.9 Å². The van der Waals surface area contributed by atoms with Gasteiger partial charge in [0.1, 0.15) is 0 Å². The fourth-order valence-electron chi connectivity index (χ4n) is 2.68. The molecule has 0 aliphatic heterocycles. The number of nitrogens with zero attached hydrogens (tertiary/aromatic N) is 1. The molecule has 0 rings (SSSR count). The molecule has 34 heavy (non-hydrogen) atoms. The quantitative estimate of drug-likeness (QED) is 0.0913. The summed E-state index contributed by atoms with van der Waals surface area (Å²) < 4.78 is 21.9. The first-order chi connectivity index (χ1) is 16.5. The molecule has 0 bridgehead atoms. The summed E-state index contributed by atoms with van der Waals surface area (Å²) in [7, 11) is 0. The first-order valence-electron chi connectivity index (χ1n) is 13.0. The zero-order valence-electron chi connectivity index (χ0n) is 21.9. The summed E-state index contributed by atoms with van der Waals surface area (Å²) in [4.78, 5) is 2.12. The molecule has 0 aromatic carbocycles. The van der Waals surface area contributed by atoms with Crippen molar-refractivity contribution in [2.24, 2.45) is 11.5 Å². The summed E-state index contributed by atoms with van der Waals surface area (Å²) in [5, 5.41) is 27.7. The Morgan fingerprint density at radius 2 is 1.32 bits per heavy atom. The van der Waals surface area contributed by atoms with Crippen molar-refractivity contribution in [3.8, 4) is 0 Å². The first kappa shape index (κ1) is 35.8. The van der Waals surface area contributed by atoms with Crippen LogP contribution >= 0.6 is 0 Å². The van der Waals surface area contributed by atoms with E-state index in [2.05, 4.69) is 11.8 Å². The topological polar surface area (TPSA) is 153 Å². The van der Waals surface area contributed by atoms with E-state index >= 15 is 0 Å². The number of aliphatic hydroxyl groups is 3. The Balaban J connectivity index is 0. The Bertz CT molecular complexity index is 369. The summed E-state index contributed by atoms with van der Waals surface area (Å²) in [5.74, 6) is 0. The highest BCUT2D eigenvalue weighted by Gasteiger charge is 2.12. The summed E-state index contributed by atoms with van der Waals surface area (Å²) in [6, 6.07) is 0. The SMILES string of the molecule is CCCCOCN(CCCCOCN)CC(O)COCCCCOCC(O)CC.NCCCO. The van der Waals surface area contributed by atoms with E-state index in [0.717, 1.165) is 58.1 Å². The van der Waals surface area contributed by atoms with Gasteiger partial charge in [0, 0.05) is 46.1 Å². The molecule has 0 radical (unpaired) electrons. The van der Waals surface area contributed by atoms with E-state index in [1.807, 2.05) is 6.92 Å². The van der Waals surface area contributed by atoms with Gasteiger partial charge in [-0.3, -0.25) is 4.90 Å². The predicted molar refractivity (Wildman–Crippen MR) is 135 cm³/mol. The van der Waals surface area contributed by atoms with Gasteiger partial charge in [0.05, 0.1) is 38.9 Å². The molecule has 0 spiro atoms. The predicted octanol–water partition coefficient (Wildman–Crippen LogP) is 1.05. The molecule has 2 atom stereocenters. The van der Waals surface area contributed by atoms with Crippen molar-refractivity contribution in [3.05, 3.63) is 0 Å². The van der Waals surface area contributed by atoms with E-state index in [1.54, 1.807) is 0 Å². The van der Waals surface area contributed by atoms with Crippen LogP contribution in [0.15, 0.2) is 0 Å². The van der Waals surface area contributed by atoms with Gasteiger partial charge in [0.25, 0.3) is 0 Å². The van der Waals surface area contributed by atoms with Gasteiger partial charge < -0.3 is 45.7 Å². The molecular formula is C24H55N3O7. The maximum Gasteiger partial charge on any atom is 0.0991 e. The van der Waals surface area contributed by atoms with Gasteiger partial charge in [-0.05, 0) is 51.5 Å². The lowest BCUT2D eigenvalue weighted by Crippen LogP contribution is -2.37. The summed E-state index contributed by atoms with van der Waals surface area (Å²) >= 11 is 0. The lowest BCUT2D eigenvalue weighted by molar-refractivity contribution is -0.0253. The minimum atomic E-state index is -0.541. The molecule has 0 fully saturated rings. The molecular weight excluding hydrogens is 442 g/mol. The number of rotatable bonds is 25. The van der Waals surface area contributed by atoms with Crippen molar-refractivity contribution >= 4 is 0 Å². The third-order valence-corrected chi connectivity index (χ3v) is 4.80. The molecule has 208 valence electrons. The fourth-order valence-corrected chi connectivity index (χ4v) is 2.68. The van der Waals surface area contributed by atoms with Crippen LogP contribution in [0.2, 0.25) is 0 Å². The van der Waals surface area contributed by atoms with Crippen LogP contribution in [0.4, 0.5) is 0 Å². The van der Waals surface area contributed by atoms with Gasteiger partial charge in [-0.25, -0.2) is 0 Å². The molecule has 7 N–H and O–H groups in total. The Kier molecular flexibility index (Phi) is 32.2. The number of hydrogen-bond acceptors (Lipinski definition) is 10. The molecule has 10 nitrogen and oxygen atoms in total. The van der Waals surface area contributed by atoms with Crippen molar-refractivity contribution in [2.75, 3.05) is 79.3 Å². The molecule has 0 heterocycles. The van der Waals surface area contributed by atoms with Crippen LogP contribution in [0, 0.1) is 0 Å². The Morgan fingerprint density at radius 3 is 1.85 bits per heavy atom. The number of hydrogen-bond donors (Lipinski definition) is 5. The van der Waals surface area contributed by atoms with Gasteiger partial charge in [-0.15, -0.1) is 0 Å². The second kappa shape index (κ2) is 30.6. The molecule has 0 saturated carbocycles. The van der Waals surface area contributed by atoms with Crippen molar-refractivity contribution in [2.45, 2.75) is 77.4 Å². The minimum absolute atomic E-state index is 0.219. The number of nitrogens with two attached hydrogens (primary N) is 2. The van der Waals surface area contributed by atoms with Gasteiger partial charge in [-0.1, -0.05) is 20.3 Å². The van der Waals surface area contributed by atoms with Crippen molar-refractivity contribution < 1.29 is 34.3 Å². The van der Waals surface area contributed by atoms with Crippen LogP contribution in [0.25, 0.3) is 0 Å². The largest absolute Gasteiger partial charge is 0.396 e. The van der Waals surface area contributed by atoms with Crippen molar-refractivity contribution in [1.82, 2.24) is 4.90 Å². The van der Waals surface area contributed by atoms with Gasteiger partial charge in [0.2, 0.25) is 0 Å². The number of ether oxygens (including phenoxy) is 4. The zero-order valence-corrected chi connectivity index (χ0v) is 21.9. The van der Waals surface area contributed by atoms with Gasteiger partial charge in [-0.2, -0.15) is 0 Å². The van der Waals surface area contributed by atoms with Crippen molar-refractivity contribution in [1.29, 1.82) is 0 Å². The second-order valence-corrected chi connectivity index (χ2v) is 8.19. The minimum Gasteiger partial charge on any atom is -0.396 e. The highest BCUT2D eigenvalue weighted by atomic mass is 16.5. The Morgan fingerprint density at radius 1 is 0.735 bits per heavy atom. The average Bonchev–Trinajstić information content (AvgIpc) is 2.83. The van der Waals surface area contributed by atoms with E-state index in [1.165, 1.54) is 0 Å². The molecule has 0 aromatic rings. The molecule has 10 heteroatoms. The number of aliphatic hydroxyl groups excluding tert-OH is 3. The van der Waals surface area contributed by atoms with Crippen LogP contribution in [-0.4, -0.2) is 112 Å². The van der Waals surface area contributed by atoms with E-state index < -0.39 is 6.10 Å². The average molecular weight is 498 g/mol. The monoisotopic (exact) mass is 497 g/mol. The fraction of sp³-hybridized carbons (Fsp3) is 1.00. The maximum atomic E-state index is 10.3. The summed E-state index contributed by atoms with van der Waals surface area (Å²) in [6.45, 7) is 10.4. The Labute approximate surface area is 207 Å². The highest BCUT2D eigenvalue weighted by molar-refractivity contribution is 4.63. The second-order valence-electron chi connectivity index (χ2n) is 8.19. The standard InChI is InChI=1S/C21H46N2O6.C3H9NO/c1-3-5-11-29-19-23(10-6-7-14-28-18-22)15-21(25)17-27-13-9-8-12-26-16-20(24)4-2;4-2-1-3-5/h20-21,24-25H,3-19,22H2,1-2H3;5H,1-4H2. The lowest BCUT2D eigenvalue weighted by Gasteiger charge is -2.25. The van der Waals surface area contributed by atoms with Gasteiger partial charge in [0.15, 0.2) is 0 Å². The Hall–Kier alpha value is -0.400. The van der Waals surface area contributed by atoms with Crippen molar-refractivity contribution in [3.63, 3.8) is 0 Å². The summed E-state index contributed by atoms with van der Waals surface area (Å²) in [5.41, 5.74) is 10.3. The zero-order chi connectivity index (χ0) is 25.7. The van der Waals surface area contributed by atoms with Crippen LogP contribution in [0.5, 0.6) is 0 Å². The third kappa shape index (κ3) is 29.6. The van der Waals surface area contributed by atoms with Gasteiger partial charge >= 0.3 is 0 Å².